The molecule has 218 valence electrons. The number of hydrogen-bond donors (Lipinski definition) is 3. The first-order chi connectivity index (χ1) is 21.3. The van der Waals surface area contributed by atoms with E-state index >= 15 is 0 Å². The van der Waals surface area contributed by atoms with Gasteiger partial charge in [-0.2, -0.15) is 5.11 Å². The van der Waals surface area contributed by atoms with Gasteiger partial charge in [-0.1, -0.05) is 42.0 Å². The molecule has 6 rings (SSSR count). The van der Waals surface area contributed by atoms with Gasteiger partial charge in [0.25, 0.3) is 0 Å². The maximum absolute atomic E-state index is 11.1. The summed E-state index contributed by atoms with van der Waals surface area (Å²) in [6.45, 7) is 6.00. The van der Waals surface area contributed by atoms with Crippen LogP contribution in [0.1, 0.15) is 16.7 Å². The molecule has 8 heteroatoms. The molecule has 8 nitrogen and oxygen atoms in total. The number of ether oxygens (including phenoxy) is 1. The second-order valence-electron chi connectivity index (χ2n) is 10.7. The fourth-order valence-electron chi connectivity index (χ4n) is 5.27. The number of hydrogen-bond acceptors (Lipinski definition) is 8. The molecule has 0 aliphatic rings. The highest BCUT2D eigenvalue weighted by Crippen LogP contribution is 2.43. The number of nitrogens with zero attached hydrogens (tertiary/aromatic N) is 4. The Morgan fingerprint density at radius 1 is 0.614 bits per heavy atom. The van der Waals surface area contributed by atoms with E-state index in [0.717, 1.165) is 33.1 Å². The van der Waals surface area contributed by atoms with E-state index in [0.29, 0.717) is 28.2 Å². The number of rotatable bonds is 7. The molecule has 6 aromatic carbocycles. The molecule has 0 aliphatic carbocycles. The van der Waals surface area contributed by atoms with Gasteiger partial charge in [0.1, 0.15) is 28.6 Å². The van der Waals surface area contributed by atoms with Gasteiger partial charge in [-0.15, -0.1) is 15.3 Å². The Labute approximate surface area is 255 Å². The number of aromatic hydroxyl groups is 2. The van der Waals surface area contributed by atoms with Crippen LogP contribution in [0.3, 0.4) is 0 Å². The zero-order chi connectivity index (χ0) is 30.8. The standard InChI is InChI=1S/C36H31N5O3/c1-21-14-22(2)30-18-28(11-10-24(30)15-21)38-40-32-19-33(42)31(20-34(32)44-4)39-41-35-23(3)16-25-17-27(12-13-29(25)36(35)43)37-26-8-6-5-7-9-26/h5-20,37,42-43H,1-4H3. The lowest BCUT2D eigenvalue weighted by atomic mass is 10.0. The van der Waals surface area contributed by atoms with Gasteiger partial charge in [0, 0.05) is 28.9 Å². The Morgan fingerprint density at radius 2 is 1.41 bits per heavy atom. The Morgan fingerprint density at radius 3 is 2.20 bits per heavy atom. The molecule has 6 aromatic rings. The number of para-hydroxylation sites is 1. The molecule has 0 aromatic heterocycles. The van der Waals surface area contributed by atoms with Gasteiger partial charge >= 0.3 is 0 Å². The fraction of sp³-hybridized carbons (Fsp3) is 0.111. The maximum Gasteiger partial charge on any atom is 0.151 e. The minimum atomic E-state index is -0.150. The molecular weight excluding hydrogens is 550 g/mol. The largest absolute Gasteiger partial charge is 0.506 e. The molecule has 0 saturated heterocycles. The van der Waals surface area contributed by atoms with Crippen LogP contribution in [0.2, 0.25) is 0 Å². The quantitative estimate of drug-likeness (QED) is 0.163. The monoisotopic (exact) mass is 581 g/mol. The average Bonchev–Trinajstić information content (AvgIpc) is 3.01. The molecule has 0 aliphatic heterocycles. The van der Waals surface area contributed by atoms with E-state index in [-0.39, 0.29) is 17.2 Å². The molecule has 0 atom stereocenters. The van der Waals surface area contributed by atoms with Crippen molar-refractivity contribution < 1.29 is 14.9 Å². The first-order valence-corrected chi connectivity index (χ1v) is 14.1. The topological polar surface area (TPSA) is 111 Å². The van der Waals surface area contributed by atoms with Crippen LogP contribution < -0.4 is 10.1 Å². The lowest BCUT2D eigenvalue weighted by Gasteiger charge is -2.11. The number of benzene rings is 6. The highest BCUT2D eigenvalue weighted by molar-refractivity contribution is 5.96. The van der Waals surface area contributed by atoms with E-state index in [1.807, 2.05) is 79.7 Å². The summed E-state index contributed by atoms with van der Waals surface area (Å²) in [5.41, 5.74) is 6.47. The first kappa shape index (κ1) is 28.4. The van der Waals surface area contributed by atoms with Crippen LogP contribution in [0.25, 0.3) is 21.5 Å². The van der Waals surface area contributed by atoms with Gasteiger partial charge in [0.05, 0.1) is 12.8 Å². The average molecular weight is 582 g/mol. The summed E-state index contributed by atoms with van der Waals surface area (Å²) in [6, 6.07) is 30.7. The lowest BCUT2D eigenvalue weighted by molar-refractivity contribution is 0.413. The smallest absolute Gasteiger partial charge is 0.151 e. The Bertz CT molecular complexity index is 2090. The van der Waals surface area contributed by atoms with Crippen LogP contribution in [0.15, 0.2) is 118 Å². The number of azo groups is 2. The minimum Gasteiger partial charge on any atom is -0.506 e. The van der Waals surface area contributed by atoms with Crippen LogP contribution in [-0.2, 0) is 0 Å². The normalized spacial score (nSPS) is 11.6. The van der Waals surface area contributed by atoms with Gasteiger partial charge in [-0.25, -0.2) is 0 Å². The van der Waals surface area contributed by atoms with E-state index in [1.165, 1.54) is 30.4 Å². The number of phenols is 2. The predicted octanol–water partition coefficient (Wildman–Crippen LogP) is 10.9. The zero-order valence-electron chi connectivity index (χ0n) is 24.8. The molecule has 0 spiro atoms. The van der Waals surface area contributed by atoms with E-state index in [1.54, 1.807) is 0 Å². The molecule has 0 fully saturated rings. The van der Waals surface area contributed by atoms with Crippen molar-refractivity contribution in [1.29, 1.82) is 0 Å². The second-order valence-corrected chi connectivity index (χ2v) is 10.7. The number of methoxy groups -OCH3 is 1. The van der Waals surface area contributed by atoms with Gasteiger partial charge in [-0.05, 0) is 96.6 Å². The van der Waals surface area contributed by atoms with Crippen molar-refractivity contribution in [3.63, 3.8) is 0 Å². The lowest BCUT2D eigenvalue weighted by Crippen LogP contribution is -1.90. The van der Waals surface area contributed by atoms with Crippen LogP contribution >= 0.6 is 0 Å². The van der Waals surface area contributed by atoms with E-state index < -0.39 is 0 Å². The summed E-state index contributed by atoms with van der Waals surface area (Å²) >= 11 is 0. The maximum atomic E-state index is 11.1. The van der Waals surface area contributed by atoms with E-state index in [2.05, 4.69) is 51.8 Å². The predicted molar refractivity (Wildman–Crippen MR) is 177 cm³/mol. The number of phenolic OH excluding ortho intramolecular Hbond substituents is 2. The highest BCUT2D eigenvalue weighted by Gasteiger charge is 2.14. The number of anilines is 2. The Hall–Kier alpha value is -5.76. The van der Waals surface area contributed by atoms with Crippen LogP contribution in [0, 0.1) is 20.8 Å². The van der Waals surface area contributed by atoms with Gasteiger partial charge in [0.15, 0.2) is 5.75 Å². The van der Waals surface area contributed by atoms with Crippen LogP contribution in [0.5, 0.6) is 17.2 Å². The van der Waals surface area contributed by atoms with Crippen molar-refractivity contribution in [2.75, 3.05) is 12.4 Å². The van der Waals surface area contributed by atoms with Crippen molar-refractivity contribution in [3.05, 3.63) is 114 Å². The summed E-state index contributed by atoms with van der Waals surface area (Å²) in [7, 11) is 1.51. The summed E-state index contributed by atoms with van der Waals surface area (Å²) < 4.78 is 5.52. The summed E-state index contributed by atoms with van der Waals surface area (Å²) in [5, 5.41) is 46.3. The molecule has 0 amide bonds. The molecular formula is C36H31N5O3. The van der Waals surface area contributed by atoms with Crippen molar-refractivity contribution in [2.45, 2.75) is 20.8 Å². The zero-order valence-corrected chi connectivity index (χ0v) is 24.8. The van der Waals surface area contributed by atoms with Crippen molar-refractivity contribution in [3.8, 4) is 17.2 Å². The summed E-state index contributed by atoms with van der Waals surface area (Å²) in [6.07, 6.45) is 0. The van der Waals surface area contributed by atoms with Crippen molar-refractivity contribution in [2.24, 2.45) is 20.5 Å². The first-order valence-electron chi connectivity index (χ1n) is 14.1. The third-order valence-corrected chi connectivity index (χ3v) is 7.44. The van der Waals surface area contributed by atoms with Crippen molar-refractivity contribution >= 4 is 55.7 Å². The van der Waals surface area contributed by atoms with Crippen molar-refractivity contribution in [1.82, 2.24) is 0 Å². The third kappa shape index (κ3) is 5.78. The SMILES string of the molecule is COc1cc(N=Nc2c(C)cc3cc(Nc4ccccc4)ccc3c2O)c(O)cc1N=Nc1ccc2cc(C)cc(C)c2c1. The third-order valence-electron chi connectivity index (χ3n) is 7.44. The highest BCUT2D eigenvalue weighted by atomic mass is 16.5. The van der Waals surface area contributed by atoms with Crippen LogP contribution in [0.4, 0.5) is 34.1 Å². The molecule has 44 heavy (non-hydrogen) atoms. The number of fused-ring (bicyclic) bond motifs is 2. The number of nitrogens with one attached hydrogen (secondary N) is 1. The minimum absolute atomic E-state index is 0.00710. The van der Waals surface area contributed by atoms with E-state index in [9.17, 15) is 10.2 Å². The van der Waals surface area contributed by atoms with Gasteiger partial charge in [0.2, 0.25) is 0 Å². The van der Waals surface area contributed by atoms with Gasteiger partial charge < -0.3 is 20.3 Å². The Kier molecular flexibility index (Phi) is 7.64. The molecule has 0 radical (unpaired) electrons. The Balaban J connectivity index is 1.27. The van der Waals surface area contributed by atoms with Gasteiger partial charge in [-0.3, -0.25) is 0 Å². The molecule has 3 N–H and O–H groups in total. The van der Waals surface area contributed by atoms with E-state index in [4.69, 9.17) is 4.74 Å². The summed E-state index contributed by atoms with van der Waals surface area (Å²) in [4.78, 5) is 0. The molecule has 0 unspecified atom stereocenters. The van der Waals surface area contributed by atoms with Crippen LogP contribution in [-0.4, -0.2) is 17.3 Å². The molecule has 0 heterocycles. The fourth-order valence-corrected chi connectivity index (χ4v) is 5.27. The molecule has 0 saturated carbocycles. The summed E-state index contributed by atoms with van der Waals surface area (Å²) in [5.74, 6) is 0.224. The number of aryl methyl sites for hydroxylation is 3. The molecule has 0 bridgehead atoms. The second kappa shape index (κ2) is 11.9.